The molecule has 0 heterocycles. The fourth-order valence-electron chi connectivity index (χ4n) is 3.26. The summed E-state index contributed by atoms with van der Waals surface area (Å²) in [5, 5.41) is 2.49. The molecular weight excluding hydrogens is 308 g/mol. The minimum atomic E-state index is -0.0498. The van der Waals surface area contributed by atoms with Crippen molar-refractivity contribution < 1.29 is 9.53 Å². The maximum absolute atomic E-state index is 11.8. The van der Waals surface area contributed by atoms with Gasteiger partial charge in [-0.1, -0.05) is 94.3 Å². The standard InChI is InChI=1S/C23H32O2/c1-2-3-4-5-6-7-8-9-17-23(24)25-19-18-21-15-12-14-20-13-10-11-16-22(20)21/h10-16H,2-9,17-19H2,1H3. The number of hydrogen-bond donors (Lipinski definition) is 0. The quantitative estimate of drug-likeness (QED) is 0.327. The second kappa shape index (κ2) is 11.7. The zero-order valence-electron chi connectivity index (χ0n) is 15.6. The Hall–Kier alpha value is -1.83. The van der Waals surface area contributed by atoms with Crippen molar-refractivity contribution in [1.82, 2.24) is 0 Å². The van der Waals surface area contributed by atoms with Crippen molar-refractivity contribution in [3.63, 3.8) is 0 Å². The minimum Gasteiger partial charge on any atom is -0.465 e. The first-order valence-corrected chi connectivity index (χ1v) is 9.93. The monoisotopic (exact) mass is 340 g/mol. The highest BCUT2D eigenvalue weighted by Crippen LogP contribution is 2.19. The van der Waals surface area contributed by atoms with E-state index in [4.69, 9.17) is 4.74 Å². The lowest BCUT2D eigenvalue weighted by atomic mass is 10.0. The molecule has 2 heteroatoms. The molecule has 25 heavy (non-hydrogen) atoms. The summed E-state index contributed by atoms with van der Waals surface area (Å²) in [6.45, 7) is 2.72. The third kappa shape index (κ3) is 7.29. The van der Waals surface area contributed by atoms with Crippen LogP contribution in [-0.4, -0.2) is 12.6 Å². The van der Waals surface area contributed by atoms with Crippen LogP contribution in [0, 0.1) is 0 Å². The Morgan fingerprint density at radius 1 is 0.840 bits per heavy atom. The van der Waals surface area contributed by atoms with Crippen LogP contribution in [0.3, 0.4) is 0 Å². The predicted molar refractivity (Wildman–Crippen MR) is 106 cm³/mol. The Kier molecular flexibility index (Phi) is 9.11. The number of esters is 1. The van der Waals surface area contributed by atoms with Gasteiger partial charge in [0, 0.05) is 12.8 Å². The van der Waals surface area contributed by atoms with Crippen LogP contribution in [-0.2, 0) is 16.0 Å². The average molecular weight is 341 g/mol. The van der Waals surface area contributed by atoms with Gasteiger partial charge >= 0.3 is 5.97 Å². The van der Waals surface area contributed by atoms with Crippen molar-refractivity contribution >= 4 is 16.7 Å². The summed E-state index contributed by atoms with van der Waals surface area (Å²) in [4.78, 5) is 11.8. The Labute approximate surface area is 152 Å². The molecule has 0 fully saturated rings. The third-order valence-corrected chi connectivity index (χ3v) is 4.75. The van der Waals surface area contributed by atoms with Gasteiger partial charge in [-0.25, -0.2) is 0 Å². The van der Waals surface area contributed by atoms with E-state index in [9.17, 15) is 4.79 Å². The number of rotatable bonds is 12. The lowest BCUT2D eigenvalue weighted by molar-refractivity contribution is -0.143. The highest BCUT2D eigenvalue weighted by Gasteiger charge is 2.05. The molecule has 2 aromatic rings. The molecule has 0 amide bonds. The molecular formula is C23H32O2. The normalized spacial score (nSPS) is 10.9. The highest BCUT2D eigenvalue weighted by molar-refractivity contribution is 5.85. The number of carbonyl (C=O) groups is 1. The second-order valence-electron chi connectivity index (χ2n) is 6.83. The largest absolute Gasteiger partial charge is 0.465 e. The maximum atomic E-state index is 11.8. The molecule has 0 aliphatic heterocycles. The first-order valence-electron chi connectivity index (χ1n) is 9.93. The fraction of sp³-hybridized carbons (Fsp3) is 0.522. The fourth-order valence-corrected chi connectivity index (χ4v) is 3.26. The first kappa shape index (κ1) is 19.5. The van der Waals surface area contributed by atoms with Gasteiger partial charge in [0.25, 0.3) is 0 Å². The van der Waals surface area contributed by atoms with Gasteiger partial charge in [0.15, 0.2) is 0 Å². The summed E-state index contributed by atoms with van der Waals surface area (Å²) in [6, 6.07) is 14.7. The molecule has 2 aromatic carbocycles. The van der Waals surface area contributed by atoms with Crippen molar-refractivity contribution in [1.29, 1.82) is 0 Å². The van der Waals surface area contributed by atoms with E-state index in [0.29, 0.717) is 13.0 Å². The second-order valence-corrected chi connectivity index (χ2v) is 6.83. The van der Waals surface area contributed by atoms with Gasteiger partial charge in [-0.2, -0.15) is 0 Å². The van der Waals surface area contributed by atoms with E-state index in [0.717, 1.165) is 19.3 Å². The molecule has 0 N–H and O–H groups in total. The number of carbonyl (C=O) groups excluding carboxylic acids is 1. The molecule has 0 spiro atoms. The average Bonchev–Trinajstić information content (AvgIpc) is 2.64. The van der Waals surface area contributed by atoms with Crippen LogP contribution >= 0.6 is 0 Å². The van der Waals surface area contributed by atoms with E-state index >= 15 is 0 Å². The van der Waals surface area contributed by atoms with E-state index in [2.05, 4.69) is 49.4 Å². The third-order valence-electron chi connectivity index (χ3n) is 4.75. The zero-order chi connectivity index (χ0) is 17.7. The van der Waals surface area contributed by atoms with Crippen LogP contribution in [0.1, 0.15) is 70.3 Å². The van der Waals surface area contributed by atoms with E-state index in [1.807, 2.05) is 0 Å². The van der Waals surface area contributed by atoms with Crippen LogP contribution in [0.5, 0.6) is 0 Å². The molecule has 0 radical (unpaired) electrons. The minimum absolute atomic E-state index is 0.0498. The molecule has 0 bridgehead atoms. The van der Waals surface area contributed by atoms with Gasteiger partial charge in [-0.15, -0.1) is 0 Å². The van der Waals surface area contributed by atoms with Crippen LogP contribution in [0.2, 0.25) is 0 Å². The van der Waals surface area contributed by atoms with Crippen LogP contribution in [0.25, 0.3) is 10.8 Å². The smallest absolute Gasteiger partial charge is 0.305 e. The Bertz CT molecular complexity index is 628. The van der Waals surface area contributed by atoms with Crippen molar-refractivity contribution in [2.24, 2.45) is 0 Å². The number of unbranched alkanes of at least 4 members (excludes halogenated alkanes) is 7. The molecule has 136 valence electrons. The lowest BCUT2D eigenvalue weighted by Crippen LogP contribution is -2.07. The Balaban J connectivity index is 1.58. The van der Waals surface area contributed by atoms with Crippen molar-refractivity contribution in [3.05, 3.63) is 48.0 Å². The number of benzene rings is 2. The summed E-state index contributed by atoms with van der Waals surface area (Å²) in [6.07, 6.45) is 11.3. The maximum Gasteiger partial charge on any atom is 0.305 e. The molecule has 0 aromatic heterocycles. The van der Waals surface area contributed by atoms with Crippen molar-refractivity contribution in [2.45, 2.75) is 71.1 Å². The van der Waals surface area contributed by atoms with Gasteiger partial charge in [0.2, 0.25) is 0 Å². The SMILES string of the molecule is CCCCCCCCCCC(=O)OCCc1cccc2ccccc12. The van der Waals surface area contributed by atoms with Crippen LogP contribution in [0.15, 0.2) is 42.5 Å². The molecule has 0 saturated carbocycles. The van der Waals surface area contributed by atoms with E-state index in [1.54, 1.807) is 0 Å². The van der Waals surface area contributed by atoms with Gasteiger partial charge in [0.05, 0.1) is 6.61 Å². The summed E-state index contributed by atoms with van der Waals surface area (Å²) < 4.78 is 5.42. The van der Waals surface area contributed by atoms with Gasteiger partial charge in [-0.05, 0) is 22.8 Å². The van der Waals surface area contributed by atoms with Crippen LogP contribution in [0.4, 0.5) is 0 Å². The number of ether oxygens (including phenoxy) is 1. The molecule has 0 aliphatic carbocycles. The highest BCUT2D eigenvalue weighted by atomic mass is 16.5. The van der Waals surface area contributed by atoms with Crippen LogP contribution < -0.4 is 0 Å². The van der Waals surface area contributed by atoms with Crippen molar-refractivity contribution in [2.75, 3.05) is 6.61 Å². The lowest BCUT2D eigenvalue weighted by Gasteiger charge is -2.08. The molecule has 0 unspecified atom stereocenters. The summed E-state index contributed by atoms with van der Waals surface area (Å²) in [5.74, 6) is -0.0498. The number of fused-ring (bicyclic) bond motifs is 1. The summed E-state index contributed by atoms with van der Waals surface area (Å²) in [5.41, 5.74) is 1.25. The molecule has 2 rings (SSSR count). The number of hydrogen-bond acceptors (Lipinski definition) is 2. The summed E-state index contributed by atoms with van der Waals surface area (Å²) in [7, 11) is 0. The summed E-state index contributed by atoms with van der Waals surface area (Å²) >= 11 is 0. The van der Waals surface area contributed by atoms with Crippen molar-refractivity contribution in [3.8, 4) is 0 Å². The topological polar surface area (TPSA) is 26.3 Å². The predicted octanol–water partition coefficient (Wildman–Crippen LogP) is 6.46. The van der Waals surface area contributed by atoms with E-state index in [1.165, 1.54) is 54.9 Å². The van der Waals surface area contributed by atoms with E-state index in [-0.39, 0.29) is 5.97 Å². The Morgan fingerprint density at radius 2 is 1.52 bits per heavy atom. The molecule has 0 aliphatic rings. The van der Waals surface area contributed by atoms with E-state index < -0.39 is 0 Å². The van der Waals surface area contributed by atoms with Gasteiger partial charge < -0.3 is 4.74 Å². The zero-order valence-corrected chi connectivity index (χ0v) is 15.6. The molecule has 0 saturated heterocycles. The van der Waals surface area contributed by atoms with Gasteiger partial charge in [0.1, 0.15) is 0 Å². The first-order chi connectivity index (χ1) is 12.3. The Morgan fingerprint density at radius 3 is 2.32 bits per heavy atom. The molecule has 2 nitrogen and oxygen atoms in total. The molecule has 0 atom stereocenters. The van der Waals surface area contributed by atoms with Gasteiger partial charge in [-0.3, -0.25) is 4.79 Å².